The van der Waals surface area contributed by atoms with Gasteiger partial charge >= 0.3 is 0 Å². The number of aryl methyl sites for hydroxylation is 1. The number of nitrogens with zero attached hydrogens (tertiary/aromatic N) is 9. The molecule has 6 aromatic rings. The molecule has 0 saturated carbocycles. The van der Waals surface area contributed by atoms with E-state index in [0.29, 0.717) is 49.1 Å². The van der Waals surface area contributed by atoms with Crippen molar-refractivity contribution < 1.29 is 19.3 Å². The van der Waals surface area contributed by atoms with Crippen LogP contribution in [0.2, 0.25) is 0 Å². The Bertz CT molecular complexity index is 2020. The maximum Gasteiger partial charge on any atom is 0.229 e. The fraction of sp³-hybridized carbons (Fsp3) is 0.333. The number of ether oxygens (including phenoxy) is 1. The van der Waals surface area contributed by atoms with Crippen LogP contribution in [-0.2, 0) is 11.3 Å². The van der Waals surface area contributed by atoms with Crippen molar-refractivity contribution in [2.24, 2.45) is 0 Å². The third-order valence-corrected chi connectivity index (χ3v) is 9.62. The lowest BCUT2D eigenvalue weighted by molar-refractivity contribution is -0.0384. The van der Waals surface area contributed by atoms with Gasteiger partial charge in [0, 0.05) is 31.5 Å². The topological polar surface area (TPSA) is 152 Å². The Morgan fingerprint density at radius 1 is 0.940 bits per heavy atom. The van der Waals surface area contributed by atoms with Crippen LogP contribution in [0.15, 0.2) is 91.3 Å². The van der Waals surface area contributed by atoms with Crippen LogP contribution >= 0.6 is 0 Å². The highest BCUT2D eigenvalue weighted by Gasteiger charge is 2.47. The largest absolute Gasteiger partial charge is 0.387 e. The molecule has 14 heteroatoms. The number of tetrazole rings is 1. The summed E-state index contributed by atoms with van der Waals surface area (Å²) in [5, 5.41) is 38.2. The molecule has 0 amide bonds. The third kappa shape index (κ3) is 6.06. The average Bonchev–Trinajstić information content (AvgIpc) is 3.97. The Labute approximate surface area is 287 Å². The molecule has 3 aromatic heterocycles. The van der Waals surface area contributed by atoms with Crippen LogP contribution in [0.25, 0.3) is 11.2 Å². The van der Waals surface area contributed by atoms with E-state index < -0.39 is 24.5 Å². The molecule has 0 unspecified atom stereocenters. The van der Waals surface area contributed by atoms with Crippen LogP contribution in [-0.4, -0.2) is 81.8 Å². The lowest BCUT2D eigenvalue weighted by Crippen LogP contribution is -2.29. The van der Waals surface area contributed by atoms with Crippen LogP contribution in [0.1, 0.15) is 60.0 Å². The number of aromatic nitrogens is 8. The van der Waals surface area contributed by atoms with E-state index in [-0.39, 0.29) is 23.5 Å². The molecular formula is C36H37FN10O3. The van der Waals surface area contributed by atoms with Crippen molar-refractivity contribution in [1.29, 1.82) is 0 Å². The lowest BCUT2D eigenvalue weighted by atomic mass is 9.91. The number of halogens is 1. The number of benzene rings is 3. The second-order valence-corrected chi connectivity index (χ2v) is 12.7. The predicted molar refractivity (Wildman–Crippen MR) is 183 cm³/mol. The van der Waals surface area contributed by atoms with Crippen molar-refractivity contribution >= 4 is 22.9 Å². The van der Waals surface area contributed by atoms with Gasteiger partial charge in [-0.1, -0.05) is 72.8 Å². The monoisotopic (exact) mass is 676 g/mol. The first-order chi connectivity index (χ1) is 24.5. The first-order valence-electron chi connectivity index (χ1n) is 16.8. The van der Waals surface area contributed by atoms with Crippen molar-refractivity contribution in [3.8, 4) is 0 Å². The molecule has 0 spiro atoms. The van der Waals surface area contributed by atoms with Gasteiger partial charge in [0.1, 0.15) is 18.0 Å². The summed E-state index contributed by atoms with van der Waals surface area (Å²) in [6.07, 6.45) is -2.27. The molecule has 3 N–H and O–H groups in total. The summed E-state index contributed by atoms with van der Waals surface area (Å²) < 4.78 is 21.5. The van der Waals surface area contributed by atoms with Gasteiger partial charge in [0.2, 0.25) is 11.8 Å². The summed E-state index contributed by atoms with van der Waals surface area (Å²) in [4.78, 5) is 18.2. The normalized spacial score (nSPS) is 22.2. The van der Waals surface area contributed by atoms with Crippen LogP contribution in [0.3, 0.4) is 0 Å². The van der Waals surface area contributed by atoms with E-state index in [0.717, 1.165) is 23.1 Å². The van der Waals surface area contributed by atoms with E-state index in [1.807, 2.05) is 55.5 Å². The molecule has 0 bridgehead atoms. The van der Waals surface area contributed by atoms with Gasteiger partial charge in [0.05, 0.1) is 12.9 Å². The van der Waals surface area contributed by atoms with Crippen molar-refractivity contribution in [3.05, 3.63) is 120 Å². The number of rotatable bonds is 10. The molecule has 2 saturated heterocycles. The molecule has 0 radical (unpaired) electrons. The van der Waals surface area contributed by atoms with Gasteiger partial charge in [-0.2, -0.15) is 14.8 Å². The number of fused-ring (bicyclic) bond motifs is 1. The fourth-order valence-corrected chi connectivity index (χ4v) is 6.91. The van der Waals surface area contributed by atoms with Crippen molar-refractivity contribution in [1.82, 2.24) is 39.7 Å². The molecule has 2 aliphatic rings. The van der Waals surface area contributed by atoms with Crippen LogP contribution in [0, 0.1) is 5.82 Å². The van der Waals surface area contributed by atoms with Gasteiger partial charge in [-0.3, -0.25) is 4.57 Å². The lowest BCUT2D eigenvalue weighted by Gasteiger charge is -2.22. The molecule has 256 valence electrons. The molecule has 2 fully saturated rings. The summed E-state index contributed by atoms with van der Waals surface area (Å²) >= 11 is 0. The molecule has 13 nitrogen and oxygen atoms in total. The van der Waals surface area contributed by atoms with E-state index >= 15 is 0 Å². The first-order valence-corrected chi connectivity index (χ1v) is 16.8. The van der Waals surface area contributed by atoms with Gasteiger partial charge in [-0.25, -0.2) is 9.37 Å². The number of nitrogens with one attached hydrogen (secondary N) is 1. The summed E-state index contributed by atoms with van der Waals surface area (Å²) in [5.74, 6) is 1.13. The highest BCUT2D eigenvalue weighted by molar-refractivity contribution is 5.84. The first kappa shape index (κ1) is 31.9. The highest BCUT2D eigenvalue weighted by Crippen LogP contribution is 2.40. The second kappa shape index (κ2) is 13.5. The SMILES string of the molecule is CCn1nnc([C@H]2O[C@@H](n3cnc4c(NCC(c5ccccc5)c5ccccc5)nc(N5CC[C@H](c6ccc(F)cc6)C5)nc43)[C@H](O)[C@@H]2O)n1. The fourth-order valence-electron chi connectivity index (χ4n) is 6.91. The van der Waals surface area contributed by atoms with Gasteiger partial charge in [-0.15, -0.1) is 10.2 Å². The van der Waals surface area contributed by atoms with E-state index in [9.17, 15) is 14.6 Å². The Hall–Kier alpha value is -5.31. The standard InChI is InChI=1S/C36H37FN10O3/c1-2-47-43-33(42-44-47)31-29(48)30(49)35(50-31)46-21-39-28-32(38-19-27(23-9-5-3-6-10-23)24-11-7-4-8-12-24)40-36(41-34(28)46)45-18-17-25(20-45)22-13-15-26(37)16-14-22/h3-16,21,25,27,29-31,35,48-49H,2,17-20H2,1H3,(H,38,40,41)/t25-,29-,30+,31-,35+/m0/s1. The number of aliphatic hydroxyl groups is 2. The van der Waals surface area contributed by atoms with Gasteiger partial charge < -0.3 is 25.2 Å². The zero-order valence-corrected chi connectivity index (χ0v) is 27.4. The molecule has 50 heavy (non-hydrogen) atoms. The van der Waals surface area contributed by atoms with Crippen LogP contribution in [0.4, 0.5) is 16.2 Å². The van der Waals surface area contributed by atoms with Gasteiger partial charge in [0.15, 0.2) is 29.3 Å². The minimum atomic E-state index is -1.32. The molecule has 8 rings (SSSR count). The van der Waals surface area contributed by atoms with Crippen molar-refractivity contribution in [2.45, 2.75) is 56.3 Å². The Morgan fingerprint density at radius 2 is 1.66 bits per heavy atom. The van der Waals surface area contributed by atoms with E-state index in [2.05, 4.69) is 49.9 Å². The van der Waals surface area contributed by atoms with E-state index in [4.69, 9.17) is 19.7 Å². The quantitative estimate of drug-likeness (QED) is 0.191. The van der Waals surface area contributed by atoms with Crippen LogP contribution < -0.4 is 10.2 Å². The Balaban J connectivity index is 1.15. The highest BCUT2D eigenvalue weighted by atomic mass is 19.1. The molecule has 5 atom stereocenters. The van der Waals surface area contributed by atoms with Crippen molar-refractivity contribution in [3.63, 3.8) is 0 Å². The van der Waals surface area contributed by atoms with Gasteiger partial charge in [0.25, 0.3) is 0 Å². The summed E-state index contributed by atoms with van der Waals surface area (Å²) in [7, 11) is 0. The molecular weight excluding hydrogens is 639 g/mol. The molecule has 5 heterocycles. The number of hydrogen-bond donors (Lipinski definition) is 3. The zero-order valence-electron chi connectivity index (χ0n) is 27.4. The summed E-state index contributed by atoms with van der Waals surface area (Å²) in [6, 6.07) is 27.2. The Morgan fingerprint density at radius 3 is 2.34 bits per heavy atom. The number of anilines is 2. The maximum absolute atomic E-state index is 13.7. The predicted octanol–water partition coefficient (Wildman–Crippen LogP) is 4.20. The van der Waals surface area contributed by atoms with Crippen molar-refractivity contribution in [2.75, 3.05) is 29.9 Å². The van der Waals surface area contributed by atoms with E-state index in [1.165, 1.54) is 16.9 Å². The summed E-state index contributed by atoms with van der Waals surface area (Å²) in [6.45, 7) is 4.23. The number of imidazole rings is 1. The average molecular weight is 677 g/mol. The maximum atomic E-state index is 13.7. The number of aliphatic hydroxyl groups excluding tert-OH is 2. The zero-order chi connectivity index (χ0) is 34.2. The Kier molecular flexibility index (Phi) is 8.64. The third-order valence-electron chi connectivity index (χ3n) is 9.62. The molecule has 0 aliphatic carbocycles. The van der Waals surface area contributed by atoms with Gasteiger partial charge in [-0.05, 0) is 47.4 Å². The van der Waals surface area contributed by atoms with Crippen LogP contribution in [0.5, 0.6) is 0 Å². The molecule has 3 aromatic carbocycles. The second-order valence-electron chi connectivity index (χ2n) is 12.7. The minimum absolute atomic E-state index is 0.0162. The molecule has 2 aliphatic heterocycles. The van der Waals surface area contributed by atoms with E-state index in [1.54, 1.807) is 10.9 Å². The smallest absolute Gasteiger partial charge is 0.229 e. The number of hydrogen-bond acceptors (Lipinski definition) is 11. The minimum Gasteiger partial charge on any atom is -0.387 e. The summed E-state index contributed by atoms with van der Waals surface area (Å²) in [5.41, 5.74) is 4.29.